The normalized spacial score (nSPS) is 15.0. The van der Waals surface area contributed by atoms with Crippen molar-refractivity contribution in [3.05, 3.63) is 70.5 Å². The summed E-state index contributed by atoms with van der Waals surface area (Å²) in [6.07, 6.45) is 3.52. The summed E-state index contributed by atoms with van der Waals surface area (Å²) in [5.74, 6) is -0.639. The Bertz CT molecular complexity index is 1490. The van der Waals surface area contributed by atoms with Crippen LogP contribution in [0.5, 0.6) is 5.75 Å². The zero-order valence-corrected chi connectivity index (χ0v) is 20.6. The van der Waals surface area contributed by atoms with E-state index in [1.54, 1.807) is 55.7 Å². The molecule has 0 fully saturated rings. The van der Waals surface area contributed by atoms with E-state index in [0.29, 0.717) is 63.6 Å². The molecule has 2 aromatic carbocycles. The molecule has 10 nitrogen and oxygen atoms in total. The molecule has 0 spiro atoms. The summed E-state index contributed by atoms with van der Waals surface area (Å²) in [5.41, 5.74) is 5.08. The summed E-state index contributed by atoms with van der Waals surface area (Å²) < 4.78 is 5.12. The summed E-state index contributed by atoms with van der Waals surface area (Å²) in [4.78, 5) is 52.6. The number of aromatic nitrogens is 1. The topological polar surface area (TPSA) is 150 Å². The van der Waals surface area contributed by atoms with Crippen LogP contribution >= 0.6 is 0 Å². The van der Waals surface area contributed by atoms with Crippen molar-refractivity contribution in [1.82, 2.24) is 4.98 Å². The Morgan fingerprint density at radius 3 is 2.53 bits per heavy atom. The second kappa shape index (κ2) is 10.3. The number of carbonyl (C=O) groups is 4. The number of carbonyl (C=O) groups excluding carboxylic acids is 3. The number of aryl methyl sites for hydroxylation is 1. The summed E-state index contributed by atoms with van der Waals surface area (Å²) in [6, 6.07) is 11.5. The first-order chi connectivity index (χ1) is 18.3. The third-order valence-electron chi connectivity index (χ3n) is 6.61. The Hall–Kier alpha value is -4.86. The number of benzene rings is 2. The van der Waals surface area contributed by atoms with Gasteiger partial charge in [0.2, 0.25) is 0 Å². The molecule has 1 aliphatic carbocycles. The van der Waals surface area contributed by atoms with E-state index < -0.39 is 12.0 Å². The predicted octanol–water partition coefficient (Wildman–Crippen LogP) is 4.70. The number of hydrogen-bond acceptors (Lipinski definition) is 5. The Balaban J connectivity index is 1.43. The number of carboxylic acid groups (broad SMARTS) is 1. The fourth-order valence-corrected chi connectivity index (χ4v) is 4.83. The molecule has 3 aromatic rings. The number of urea groups is 1. The summed E-state index contributed by atoms with van der Waals surface area (Å²) >= 11 is 0. The van der Waals surface area contributed by atoms with Crippen LogP contribution < -0.4 is 20.7 Å². The Labute approximate surface area is 218 Å². The van der Waals surface area contributed by atoms with Gasteiger partial charge in [0.25, 0.3) is 5.91 Å². The SMILES string of the molecule is COc1ccc(NC(=O)Nc2ccc3c(c2)/C(=C/c2[nH]c4c(c2CCC(=O)O)C(=O)CCC4)C(=O)N3)cc1. The number of amides is 3. The number of rotatable bonds is 7. The van der Waals surface area contributed by atoms with Crippen molar-refractivity contribution in [3.63, 3.8) is 0 Å². The fourth-order valence-electron chi connectivity index (χ4n) is 4.83. The van der Waals surface area contributed by atoms with E-state index in [1.165, 1.54) is 0 Å². The van der Waals surface area contributed by atoms with Gasteiger partial charge in [-0.05, 0) is 73.4 Å². The first kappa shape index (κ1) is 24.8. The predicted molar refractivity (Wildman–Crippen MR) is 143 cm³/mol. The van der Waals surface area contributed by atoms with Gasteiger partial charge < -0.3 is 30.8 Å². The first-order valence-corrected chi connectivity index (χ1v) is 12.2. The monoisotopic (exact) mass is 514 g/mol. The third kappa shape index (κ3) is 5.01. The van der Waals surface area contributed by atoms with Crippen molar-refractivity contribution in [2.45, 2.75) is 32.1 Å². The summed E-state index contributed by atoms with van der Waals surface area (Å²) in [6.45, 7) is 0. The molecule has 5 N–H and O–H groups in total. The molecule has 194 valence electrons. The molecule has 3 amide bonds. The van der Waals surface area contributed by atoms with E-state index in [2.05, 4.69) is 20.9 Å². The van der Waals surface area contributed by atoms with Crippen molar-refractivity contribution < 1.29 is 29.0 Å². The summed E-state index contributed by atoms with van der Waals surface area (Å²) in [5, 5.41) is 17.6. The number of Topliss-reactive ketones (excluding diaryl/α,β-unsaturated/α-hetero) is 1. The minimum atomic E-state index is -0.964. The van der Waals surface area contributed by atoms with Gasteiger partial charge >= 0.3 is 12.0 Å². The number of hydrogen-bond donors (Lipinski definition) is 5. The molecule has 10 heteroatoms. The maximum absolute atomic E-state index is 12.9. The van der Waals surface area contributed by atoms with E-state index in [-0.39, 0.29) is 24.5 Å². The van der Waals surface area contributed by atoms with Crippen molar-refractivity contribution in [3.8, 4) is 5.75 Å². The number of carboxylic acids is 1. The highest BCUT2D eigenvalue weighted by Gasteiger charge is 2.29. The average molecular weight is 515 g/mol. The lowest BCUT2D eigenvalue weighted by molar-refractivity contribution is -0.137. The van der Waals surface area contributed by atoms with Crippen molar-refractivity contribution >= 4 is 52.4 Å². The molecule has 2 aliphatic rings. The number of ketones is 1. The number of fused-ring (bicyclic) bond motifs is 2. The van der Waals surface area contributed by atoms with Crippen LogP contribution in [0.3, 0.4) is 0 Å². The first-order valence-electron chi connectivity index (χ1n) is 12.2. The van der Waals surface area contributed by atoms with Crippen LogP contribution in [0, 0.1) is 0 Å². The maximum atomic E-state index is 12.9. The van der Waals surface area contributed by atoms with Crippen LogP contribution in [0.1, 0.15) is 52.1 Å². The van der Waals surface area contributed by atoms with E-state index in [9.17, 15) is 24.3 Å². The molecule has 0 radical (unpaired) electrons. The minimum absolute atomic E-state index is 0.0156. The van der Waals surface area contributed by atoms with Gasteiger partial charge in [-0.2, -0.15) is 0 Å². The van der Waals surface area contributed by atoms with Gasteiger partial charge in [0.05, 0.1) is 12.7 Å². The summed E-state index contributed by atoms with van der Waals surface area (Å²) in [7, 11) is 1.56. The molecule has 0 unspecified atom stereocenters. The zero-order valence-electron chi connectivity index (χ0n) is 20.6. The van der Waals surface area contributed by atoms with Crippen molar-refractivity contribution in [2.24, 2.45) is 0 Å². The van der Waals surface area contributed by atoms with E-state index >= 15 is 0 Å². The Morgan fingerprint density at radius 1 is 1.05 bits per heavy atom. The van der Waals surface area contributed by atoms with Gasteiger partial charge in [0.15, 0.2) is 5.78 Å². The molecule has 1 aromatic heterocycles. The van der Waals surface area contributed by atoms with E-state index in [1.807, 2.05) is 0 Å². The molecule has 1 aliphatic heterocycles. The third-order valence-corrected chi connectivity index (χ3v) is 6.61. The number of anilines is 3. The minimum Gasteiger partial charge on any atom is -0.497 e. The van der Waals surface area contributed by atoms with Gasteiger partial charge in [-0.25, -0.2) is 4.79 Å². The average Bonchev–Trinajstić information content (AvgIpc) is 3.40. The fraction of sp³-hybridized carbons (Fsp3) is 0.214. The largest absolute Gasteiger partial charge is 0.497 e. The molecular weight excluding hydrogens is 488 g/mol. The van der Waals surface area contributed by atoms with Gasteiger partial charge in [-0.3, -0.25) is 14.4 Å². The zero-order chi connectivity index (χ0) is 26.8. The van der Waals surface area contributed by atoms with Crippen molar-refractivity contribution in [2.75, 3.05) is 23.1 Å². The number of aromatic amines is 1. The quantitative estimate of drug-likeness (QED) is 0.289. The molecular formula is C28H26N4O6. The lowest BCUT2D eigenvalue weighted by atomic mass is 9.91. The molecule has 38 heavy (non-hydrogen) atoms. The van der Waals surface area contributed by atoms with Gasteiger partial charge in [0, 0.05) is 52.4 Å². The molecule has 0 atom stereocenters. The Kier molecular flexibility index (Phi) is 6.69. The van der Waals surface area contributed by atoms with Gasteiger partial charge in [-0.15, -0.1) is 0 Å². The second-order valence-corrected chi connectivity index (χ2v) is 9.12. The number of nitrogens with one attached hydrogen (secondary N) is 4. The highest BCUT2D eigenvalue weighted by atomic mass is 16.5. The van der Waals surface area contributed by atoms with E-state index in [4.69, 9.17) is 4.74 Å². The number of ether oxygens (including phenoxy) is 1. The molecule has 2 heterocycles. The van der Waals surface area contributed by atoms with Gasteiger partial charge in [-0.1, -0.05) is 0 Å². The van der Waals surface area contributed by atoms with E-state index in [0.717, 1.165) is 12.1 Å². The lowest BCUT2D eigenvalue weighted by Gasteiger charge is -2.11. The number of aliphatic carboxylic acids is 1. The van der Waals surface area contributed by atoms with Crippen LogP contribution in [-0.4, -0.2) is 40.9 Å². The smallest absolute Gasteiger partial charge is 0.323 e. The number of methoxy groups -OCH3 is 1. The van der Waals surface area contributed by atoms with Crippen LogP contribution in [-0.2, 0) is 22.4 Å². The second-order valence-electron chi connectivity index (χ2n) is 9.12. The highest BCUT2D eigenvalue weighted by molar-refractivity contribution is 6.35. The van der Waals surface area contributed by atoms with Gasteiger partial charge in [0.1, 0.15) is 5.75 Å². The van der Waals surface area contributed by atoms with Crippen LogP contribution in [0.15, 0.2) is 42.5 Å². The Morgan fingerprint density at radius 2 is 1.79 bits per heavy atom. The van der Waals surface area contributed by atoms with Crippen LogP contribution in [0.25, 0.3) is 11.6 Å². The molecule has 0 bridgehead atoms. The standard InChI is InChI=1S/C28H26N4O6/c1-38-17-8-5-15(6-9-17)29-28(37)30-16-7-11-21-19(13-16)20(27(36)32-21)14-23-18(10-12-25(34)35)26-22(31-23)3-2-4-24(26)33/h5-9,11,13-14,31H,2-4,10,12H2,1H3,(H,32,36)(H,34,35)(H2,29,30,37)/b20-14-. The van der Waals surface area contributed by atoms with Crippen LogP contribution in [0.4, 0.5) is 21.9 Å². The molecule has 0 saturated carbocycles. The van der Waals surface area contributed by atoms with Crippen molar-refractivity contribution in [1.29, 1.82) is 0 Å². The number of H-pyrrole nitrogens is 1. The molecule has 0 saturated heterocycles. The lowest BCUT2D eigenvalue weighted by Crippen LogP contribution is -2.19. The van der Waals surface area contributed by atoms with Crippen LogP contribution in [0.2, 0.25) is 0 Å². The highest BCUT2D eigenvalue weighted by Crippen LogP contribution is 2.37. The maximum Gasteiger partial charge on any atom is 0.323 e. The molecule has 5 rings (SSSR count).